The third kappa shape index (κ3) is 4.88. The maximum absolute atomic E-state index is 12.3. The predicted molar refractivity (Wildman–Crippen MR) is 89.3 cm³/mol. The summed E-state index contributed by atoms with van der Waals surface area (Å²) < 4.78 is 10.5. The minimum Gasteiger partial charge on any atom is -0.493 e. The molecule has 0 radical (unpaired) electrons. The Morgan fingerprint density at radius 1 is 1.25 bits per heavy atom. The zero-order valence-corrected chi connectivity index (χ0v) is 14.4. The van der Waals surface area contributed by atoms with Gasteiger partial charge in [0.1, 0.15) is 6.04 Å². The van der Waals surface area contributed by atoms with Crippen molar-refractivity contribution < 1.29 is 24.2 Å². The fourth-order valence-corrected chi connectivity index (χ4v) is 2.68. The number of hydrogen-bond donors (Lipinski definition) is 2. The van der Waals surface area contributed by atoms with Gasteiger partial charge in [0.15, 0.2) is 11.5 Å². The fraction of sp³-hybridized carbons (Fsp3) is 0.556. The number of hydrogen-bond acceptors (Lipinski definition) is 4. The summed E-state index contributed by atoms with van der Waals surface area (Å²) in [7, 11) is 3.13. The van der Waals surface area contributed by atoms with Gasteiger partial charge in [-0.05, 0) is 36.5 Å². The molecule has 132 valence electrons. The second kappa shape index (κ2) is 8.04. The number of carboxylic acid groups (broad SMARTS) is 1. The van der Waals surface area contributed by atoms with Gasteiger partial charge in [-0.1, -0.05) is 25.8 Å². The summed E-state index contributed by atoms with van der Waals surface area (Å²) in [6.07, 6.45) is 3.13. The molecule has 6 nitrogen and oxygen atoms in total. The Morgan fingerprint density at radius 2 is 1.92 bits per heavy atom. The lowest BCUT2D eigenvalue weighted by Gasteiger charge is -2.18. The first-order chi connectivity index (χ1) is 11.4. The van der Waals surface area contributed by atoms with Gasteiger partial charge in [-0.25, -0.2) is 4.79 Å². The van der Waals surface area contributed by atoms with Gasteiger partial charge >= 0.3 is 5.97 Å². The molecule has 1 aliphatic rings. The average Bonchev–Trinajstić information content (AvgIpc) is 3.37. The monoisotopic (exact) mass is 335 g/mol. The molecule has 2 unspecified atom stereocenters. The number of benzene rings is 1. The SMILES string of the molecule is COc1ccc(CC(C)C(=O)NC(CC2CC2)C(=O)O)cc1OC. The number of carbonyl (C=O) groups excluding carboxylic acids is 1. The summed E-state index contributed by atoms with van der Waals surface area (Å²) in [4.78, 5) is 23.6. The predicted octanol–water partition coefficient (Wildman–Crippen LogP) is 2.25. The number of aliphatic carboxylic acids is 1. The molecule has 1 fully saturated rings. The van der Waals surface area contributed by atoms with Crippen molar-refractivity contribution in [2.75, 3.05) is 14.2 Å². The lowest BCUT2D eigenvalue weighted by Crippen LogP contribution is -2.43. The van der Waals surface area contributed by atoms with Crippen LogP contribution >= 0.6 is 0 Å². The highest BCUT2D eigenvalue weighted by molar-refractivity contribution is 5.85. The standard InChI is InChI=1S/C18H25NO5/c1-11(8-13-6-7-15(23-2)16(10-13)24-3)17(20)19-14(18(21)22)9-12-4-5-12/h6-7,10-12,14H,4-5,8-9H2,1-3H3,(H,19,20)(H,21,22). The van der Waals surface area contributed by atoms with Gasteiger partial charge in [0.2, 0.25) is 5.91 Å². The van der Waals surface area contributed by atoms with Crippen LogP contribution in [0.15, 0.2) is 18.2 Å². The van der Waals surface area contributed by atoms with Crippen molar-refractivity contribution >= 4 is 11.9 Å². The van der Waals surface area contributed by atoms with Gasteiger partial charge in [-0.15, -0.1) is 0 Å². The van der Waals surface area contributed by atoms with Crippen LogP contribution in [0.1, 0.15) is 31.7 Å². The zero-order chi connectivity index (χ0) is 17.7. The van der Waals surface area contributed by atoms with Crippen LogP contribution in [0.3, 0.4) is 0 Å². The summed E-state index contributed by atoms with van der Waals surface area (Å²) in [6, 6.07) is 4.72. The van der Waals surface area contributed by atoms with Gasteiger partial charge in [-0.2, -0.15) is 0 Å². The first-order valence-corrected chi connectivity index (χ1v) is 8.18. The number of nitrogens with one attached hydrogen (secondary N) is 1. The normalized spacial score (nSPS) is 16.1. The summed E-state index contributed by atoms with van der Waals surface area (Å²) >= 11 is 0. The van der Waals surface area contributed by atoms with Gasteiger partial charge in [0.05, 0.1) is 14.2 Å². The summed E-state index contributed by atoms with van der Waals surface area (Å²) in [5.74, 6) is 0.150. The lowest BCUT2D eigenvalue weighted by atomic mass is 9.99. The van der Waals surface area contributed by atoms with E-state index >= 15 is 0 Å². The third-order valence-corrected chi connectivity index (χ3v) is 4.32. The molecule has 1 aromatic rings. The Hall–Kier alpha value is -2.24. The Kier molecular flexibility index (Phi) is 6.06. The summed E-state index contributed by atoms with van der Waals surface area (Å²) in [6.45, 7) is 1.79. The van der Waals surface area contributed by atoms with Crippen LogP contribution in [0.5, 0.6) is 11.5 Å². The lowest BCUT2D eigenvalue weighted by molar-refractivity contribution is -0.142. The van der Waals surface area contributed by atoms with E-state index in [0.717, 1.165) is 18.4 Å². The molecule has 0 aliphatic heterocycles. The molecular formula is C18H25NO5. The highest BCUT2D eigenvalue weighted by Crippen LogP contribution is 2.33. The van der Waals surface area contributed by atoms with Crippen LogP contribution in [-0.4, -0.2) is 37.2 Å². The summed E-state index contributed by atoms with van der Waals surface area (Å²) in [5, 5.41) is 11.9. The van der Waals surface area contributed by atoms with Crippen LogP contribution in [0.25, 0.3) is 0 Å². The minimum absolute atomic E-state index is 0.238. The number of amides is 1. The van der Waals surface area contributed by atoms with Crippen molar-refractivity contribution in [3.05, 3.63) is 23.8 Å². The molecule has 2 N–H and O–H groups in total. The van der Waals surface area contributed by atoms with E-state index in [1.165, 1.54) is 0 Å². The van der Waals surface area contributed by atoms with Crippen LogP contribution in [0, 0.1) is 11.8 Å². The first kappa shape index (κ1) is 18.1. The van der Waals surface area contributed by atoms with Crippen LogP contribution < -0.4 is 14.8 Å². The average molecular weight is 335 g/mol. The molecule has 0 bridgehead atoms. The molecule has 2 atom stereocenters. The van der Waals surface area contributed by atoms with E-state index in [0.29, 0.717) is 30.3 Å². The largest absolute Gasteiger partial charge is 0.493 e. The van der Waals surface area contributed by atoms with E-state index < -0.39 is 12.0 Å². The van der Waals surface area contributed by atoms with Gasteiger partial charge in [0, 0.05) is 5.92 Å². The maximum atomic E-state index is 12.3. The molecular weight excluding hydrogens is 310 g/mol. The topological polar surface area (TPSA) is 84.9 Å². The Balaban J connectivity index is 1.96. The van der Waals surface area contributed by atoms with Gasteiger partial charge in [0.25, 0.3) is 0 Å². The molecule has 0 saturated heterocycles. The van der Waals surface area contributed by atoms with E-state index in [1.807, 2.05) is 12.1 Å². The van der Waals surface area contributed by atoms with Crippen LogP contribution in [0.2, 0.25) is 0 Å². The van der Waals surface area contributed by atoms with E-state index in [9.17, 15) is 14.7 Å². The molecule has 1 aliphatic carbocycles. The van der Waals surface area contributed by atoms with E-state index in [4.69, 9.17) is 9.47 Å². The van der Waals surface area contributed by atoms with Gasteiger partial charge < -0.3 is 19.9 Å². The molecule has 1 saturated carbocycles. The second-order valence-electron chi connectivity index (χ2n) is 6.37. The Bertz CT molecular complexity index is 597. The number of methoxy groups -OCH3 is 2. The van der Waals surface area contributed by atoms with E-state index in [1.54, 1.807) is 27.2 Å². The zero-order valence-electron chi connectivity index (χ0n) is 14.4. The molecule has 0 heterocycles. The molecule has 0 spiro atoms. The molecule has 0 aromatic heterocycles. The third-order valence-electron chi connectivity index (χ3n) is 4.32. The molecule has 6 heteroatoms. The second-order valence-corrected chi connectivity index (χ2v) is 6.37. The highest BCUT2D eigenvalue weighted by Gasteiger charge is 2.31. The summed E-state index contributed by atoms with van der Waals surface area (Å²) in [5.41, 5.74) is 0.935. The van der Waals surface area contributed by atoms with Crippen molar-refractivity contribution in [2.24, 2.45) is 11.8 Å². The Labute approximate surface area is 142 Å². The first-order valence-electron chi connectivity index (χ1n) is 8.18. The minimum atomic E-state index is -0.964. The fourth-order valence-electron chi connectivity index (χ4n) is 2.68. The number of rotatable bonds is 9. The number of carbonyl (C=O) groups is 2. The van der Waals surface area contributed by atoms with Crippen molar-refractivity contribution in [3.8, 4) is 11.5 Å². The molecule has 1 aromatic carbocycles. The van der Waals surface area contributed by atoms with E-state index in [-0.39, 0.29) is 11.8 Å². The van der Waals surface area contributed by atoms with E-state index in [2.05, 4.69) is 5.32 Å². The number of ether oxygens (including phenoxy) is 2. The maximum Gasteiger partial charge on any atom is 0.326 e. The van der Waals surface area contributed by atoms with Gasteiger partial charge in [-0.3, -0.25) is 4.79 Å². The molecule has 24 heavy (non-hydrogen) atoms. The van der Waals surface area contributed by atoms with Crippen molar-refractivity contribution in [1.29, 1.82) is 0 Å². The molecule has 2 rings (SSSR count). The van der Waals surface area contributed by atoms with Crippen molar-refractivity contribution in [1.82, 2.24) is 5.32 Å². The number of carboxylic acids is 1. The van der Waals surface area contributed by atoms with Crippen LogP contribution in [-0.2, 0) is 16.0 Å². The van der Waals surface area contributed by atoms with Crippen molar-refractivity contribution in [3.63, 3.8) is 0 Å². The quantitative estimate of drug-likeness (QED) is 0.723. The molecule has 1 amide bonds. The Morgan fingerprint density at radius 3 is 2.46 bits per heavy atom. The highest BCUT2D eigenvalue weighted by atomic mass is 16.5. The van der Waals surface area contributed by atoms with Crippen LogP contribution in [0.4, 0.5) is 0 Å². The van der Waals surface area contributed by atoms with Crippen molar-refractivity contribution in [2.45, 2.75) is 38.6 Å². The smallest absolute Gasteiger partial charge is 0.326 e.